The lowest BCUT2D eigenvalue weighted by Crippen LogP contribution is -2.27. The summed E-state index contributed by atoms with van der Waals surface area (Å²) in [6, 6.07) is 7.04. The van der Waals surface area contributed by atoms with Crippen LogP contribution in [0, 0.1) is 11.7 Å². The fourth-order valence-corrected chi connectivity index (χ4v) is 2.35. The molecule has 20 heavy (non-hydrogen) atoms. The Kier molecular flexibility index (Phi) is 5.30. The average molecular weight is 275 g/mol. The molecule has 108 valence electrons. The van der Waals surface area contributed by atoms with Gasteiger partial charge in [0, 0.05) is 25.0 Å². The van der Waals surface area contributed by atoms with Gasteiger partial charge in [0.1, 0.15) is 5.82 Å². The number of rotatable bonds is 7. The highest BCUT2D eigenvalue weighted by Crippen LogP contribution is 2.21. The number of halogens is 1. The van der Waals surface area contributed by atoms with Crippen molar-refractivity contribution in [3.63, 3.8) is 0 Å². The van der Waals surface area contributed by atoms with Gasteiger partial charge in [0.05, 0.1) is 6.33 Å². The summed E-state index contributed by atoms with van der Waals surface area (Å²) in [6.07, 6.45) is 6.64. The Morgan fingerprint density at radius 3 is 2.60 bits per heavy atom. The number of imidazole rings is 1. The molecule has 1 aromatic heterocycles. The quantitative estimate of drug-likeness (QED) is 0.785. The van der Waals surface area contributed by atoms with Gasteiger partial charge < -0.3 is 9.88 Å². The van der Waals surface area contributed by atoms with Gasteiger partial charge in [-0.15, -0.1) is 0 Å². The van der Waals surface area contributed by atoms with Gasteiger partial charge in [-0.2, -0.15) is 0 Å². The van der Waals surface area contributed by atoms with E-state index in [1.165, 1.54) is 12.1 Å². The van der Waals surface area contributed by atoms with Crippen molar-refractivity contribution in [2.45, 2.75) is 32.9 Å². The van der Waals surface area contributed by atoms with Crippen molar-refractivity contribution >= 4 is 0 Å². The molecule has 0 amide bonds. The van der Waals surface area contributed by atoms with Crippen LogP contribution in [0.5, 0.6) is 0 Å². The first-order valence-corrected chi connectivity index (χ1v) is 7.11. The van der Waals surface area contributed by atoms with Gasteiger partial charge in [-0.1, -0.05) is 26.0 Å². The molecule has 0 saturated carbocycles. The monoisotopic (exact) mass is 275 g/mol. The van der Waals surface area contributed by atoms with Gasteiger partial charge in [-0.3, -0.25) is 0 Å². The number of aryl methyl sites for hydroxylation is 1. The smallest absolute Gasteiger partial charge is 0.123 e. The number of aromatic nitrogens is 2. The SMILES string of the molecule is CC(C)C(NCCCn1ccnc1)c1ccc(F)cc1. The molecule has 0 bridgehead atoms. The number of benzene rings is 1. The lowest BCUT2D eigenvalue weighted by atomic mass is 9.96. The van der Waals surface area contributed by atoms with Crippen LogP contribution in [-0.2, 0) is 6.54 Å². The number of nitrogens with zero attached hydrogens (tertiary/aromatic N) is 2. The summed E-state index contributed by atoms with van der Waals surface area (Å²) in [7, 11) is 0. The Morgan fingerprint density at radius 2 is 2.00 bits per heavy atom. The standard InChI is InChI=1S/C16H22FN3/c1-13(2)16(14-4-6-15(17)7-5-14)19-8-3-10-20-11-9-18-12-20/h4-7,9,11-13,16,19H,3,8,10H2,1-2H3. The Morgan fingerprint density at radius 1 is 1.25 bits per heavy atom. The highest BCUT2D eigenvalue weighted by Gasteiger charge is 2.14. The van der Waals surface area contributed by atoms with Crippen molar-refractivity contribution in [1.29, 1.82) is 0 Å². The van der Waals surface area contributed by atoms with E-state index in [4.69, 9.17) is 0 Å². The zero-order chi connectivity index (χ0) is 14.4. The van der Waals surface area contributed by atoms with Crippen LogP contribution in [0.15, 0.2) is 43.0 Å². The zero-order valence-corrected chi connectivity index (χ0v) is 12.1. The summed E-state index contributed by atoms with van der Waals surface area (Å²) in [5.41, 5.74) is 1.14. The van der Waals surface area contributed by atoms with Gasteiger partial charge in [0.15, 0.2) is 0 Å². The van der Waals surface area contributed by atoms with Crippen molar-refractivity contribution in [2.75, 3.05) is 6.54 Å². The maximum Gasteiger partial charge on any atom is 0.123 e. The third-order valence-electron chi connectivity index (χ3n) is 3.41. The largest absolute Gasteiger partial charge is 0.337 e. The second kappa shape index (κ2) is 7.20. The molecular formula is C16H22FN3. The van der Waals surface area contributed by atoms with E-state index in [-0.39, 0.29) is 11.9 Å². The molecule has 1 unspecified atom stereocenters. The molecule has 4 heteroatoms. The Bertz CT molecular complexity index is 491. The molecule has 1 N–H and O–H groups in total. The van der Waals surface area contributed by atoms with Crippen molar-refractivity contribution in [2.24, 2.45) is 5.92 Å². The van der Waals surface area contributed by atoms with E-state index in [0.29, 0.717) is 5.92 Å². The molecule has 0 fully saturated rings. The topological polar surface area (TPSA) is 29.9 Å². The minimum Gasteiger partial charge on any atom is -0.337 e. The highest BCUT2D eigenvalue weighted by molar-refractivity contribution is 5.20. The number of nitrogens with one attached hydrogen (secondary N) is 1. The van der Waals surface area contributed by atoms with Crippen LogP contribution in [0.4, 0.5) is 4.39 Å². The minimum atomic E-state index is -0.184. The van der Waals surface area contributed by atoms with Crippen LogP contribution in [-0.4, -0.2) is 16.1 Å². The second-order valence-electron chi connectivity index (χ2n) is 5.38. The van der Waals surface area contributed by atoms with Gasteiger partial charge in [0.2, 0.25) is 0 Å². The van der Waals surface area contributed by atoms with Gasteiger partial charge in [-0.05, 0) is 36.6 Å². The minimum absolute atomic E-state index is 0.184. The zero-order valence-electron chi connectivity index (χ0n) is 12.1. The van der Waals surface area contributed by atoms with E-state index >= 15 is 0 Å². The normalized spacial score (nSPS) is 12.8. The van der Waals surface area contributed by atoms with Crippen LogP contribution in [0.2, 0.25) is 0 Å². The van der Waals surface area contributed by atoms with Crippen molar-refractivity contribution < 1.29 is 4.39 Å². The molecule has 0 saturated heterocycles. The maximum atomic E-state index is 13.0. The third-order valence-corrected chi connectivity index (χ3v) is 3.41. The summed E-state index contributed by atoms with van der Waals surface area (Å²) in [5, 5.41) is 3.56. The molecule has 2 rings (SSSR count). The highest BCUT2D eigenvalue weighted by atomic mass is 19.1. The maximum absolute atomic E-state index is 13.0. The molecule has 0 aliphatic carbocycles. The summed E-state index contributed by atoms with van der Waals surface area (Å²) in [5.74, 6) is 0.282. The lowest BCUT2D eigenvalue weighted by Gasteiger charge is -2.23. The summed E-state index contributed by atoms with van der Waals surface area (Å²) >= 11 is 0. The van der Waals surface area contributed by atoms with E-state index in [1.54, 1.807) is 6.20 Å². The molecular weight excluding hydrogens is 253 g/mol. The molecule has 0 radical (unpaired) electrons. The van der Waals surface area contributed by atoms with Crippen LogP contribution in [0.1, 0.15) is 31.9 Å². The van der Waals surface area contributed by atoms with E-state index in [2.05, 4.69) is 28.7 Å². The molecule has 1 heterocycles. The summed E-state index contributed by atoms with van der Waals surface area (Å²) < 4.78 is 15.1. The fraction of sp³-hybridized carbons (Fsp3) is 0.438. The molecule has 3 nitrogen and oxygen atoms in total. The first-order valence-electron chi connectivity index (χ1n) is 7.11. The molecule has 1 aromatic carbocycles. The van der Waals surface area contributed by atoms with Crippen molar-refractivity contribution in [3.05, 3.63) is 54.4 Å². The first kappa shape index (κ1) is 14.7. The fourth-order valence-electron chi connectivity index (χ4n) is 2.35. The summed E-state index contributed by atoms with van der Waals surface area (Å²) in [6.45, 7) is 6.24. The Hall–Kier alpha value is -1.68. The molecule has 0 aliphatic heterocycles. The van der Waals surface area contributed by atoms with Crippen LogP contribution in [0.25, 0.3) is 0 Å². The Balaban J connectivity index is 1.85. The van der Waals surface area contributed by atoms with Crippen molar-refractivity contribution in [1.82, 2.24) is 14.9 Å². The van der Waals surface area contributed by atoms with Gasteiger partial charge >= 0.3 is 0 Å². The first-order chi connectivity index (χ1) is 9.66. The predicted octanol–water partition coefficient (Wildman–Crippen LogP) is 3.40. The third kappa shape index (κ3) is 4.17. The summed E-state index contributed by atoms with van der Waals surface area (Å²) in [4.78, 5) is 4.03. The van der Waals surface area contributed by atoms with E-state index in [0.717, 1.165) is 25.1 Å². The van der Waals surface area contributed by atoms with Crippen LogP contribution in [0.3, 0.4) is 0 Å². The Labute approximate surface area is 119 Å². The molecule has 0 aliphatic rings. The lowest BCUT2D eigenvalue weighted by molar-refractivity contribution is 0.403. The van der Waals surface area contributed by atoms with E-state index in [1.807, 2.05) is 24.7 Å². The van der Waals surface area contributed by atoms with E-state index in [9.17, 15) is 4.39 Å². The predicted molar refractivity (Wildman–Crippen MR) is 78.8 cm³/mol. The number of hydrogen-bond donors (Lipinski definition) is 1. The molecule has 1 atom stereocenters. The average Bonchev–Trinajstić information content (AvgIpc) is 2.93. The van der Waals surface area contributed by atoms with Crippen molar-refractivity contribution in [3.8, 4) is 0 Å². The van der Waals surface area contributed by atoms with Gasteiger partial charge in [0.25, 0.3) is 0 Å². The number of hydrogen-bond acceptors (Lipinski definition) is 2. The molecule has 0 spiro atoms. The second-order valence-corrected chi connectivity index (χ2v) is 5.38. The van der Waals surface area contributed by atoms with Gasteiger partial charge in [-0.25, -0.2) is 9.37 Å². The van der Waals surface area contributed by atoms with Crippen LogP contribution >= 0.6 is 0 Å². The molecule has 2 aromatic rings. The van der Waals surface area contributed by atoms with Crippen LogP contribution < -0.4 is 5.32 Å². The van der Waals surface area contributed by atoms with E-state index < -0.39 is 0 Å².